The van der Waals surface area contributed by atoms with E-state index in [4.69, 9.17) is 5.73 Å². The van der Waals surface area contributed by atoms with Gasteiger partial charge in [-0.25, -0.2) is 0 Å². The van der Waals surface area contributed by atoms with Crippen LogP contribution in [0.3, 0.4) is 0 Å². The number of nitrogens with one attached hydrogen (secondary N) is 1. The minimum absolute atomic E-state index is 0.0493. The van der Waals surface area contributed by atoms with E-state index in [9.17, 15) is 4.79 Å². The molecule has 1 aromatic carbocycles. The SMILES string of the molecule is CCNC(=O)C(CN)Cc1ccccc1C. The zero-order chi connectivity index (χ0) is 12.0. The Hall–Kier alpha value is -1.35. The van der Waals surface area contributed by atoms with E-state index >= 15 is 0 Å². The lowest BCUT2D eigenvalue weighted by atomic mass is 9.95. The maximum absolute atomic E-state index is 11.7. The van der Waals surface area contributed by atoms with Crippen molar-refractivity contribution in [1.29, 1.82) is 0 Å². The first-order valence-electron chi connectivity index (χ1n) is 5.71. The van der Waals surface area contributed by atoms with Crippen molar-refractivity contribution in [3.63, 3.8) is 0 Å². The van der Waals surface area contributed by atoms with Gasteiger partial charge in [0, 0.05) is 13.1 Å². The van der Waals surface area contributed by atoms with Gasteiger partial charge in [-0.05, 0) is 31.4 Å². The van der Waals surface area contributed by atoms with Gasteiger partial charge in [0.25, 0.3) is 0 Å². The first-order valence-corrected chi connectivity index (χ1v) is 5.71. The van der Waals surface area contributed by atoms with Gasteiger partial charge in [0.15, 0.2) is 0 Å². The zero-order valence-electron chi connectivity index (χ0n) is 9.99. The third-order valence-electron chi connectivity index (χ3n) is 2.73. The second-order valence-corrected chi connectivity index (χ2v) is 3.96. The van der Waals surface area contributed by atoms with Gasteiger partial charge in [0.2, 0.25) is 5.91 Å². The average Bonchev–Trinajstić information content (AvgIpc) is 2.28. The van der Waals surface area contributed by atoms with E-state index in [1.165, 1.54) is 11.1 Å². The first-order chi connectivity index (χ1) is 7.69. The van der Waals surface area contributed by atoms with Crippen molar-refractivity contribution >= 4 is 5.91 Å². The molecular weight excluding hydrogens is 200 g/mol. The number of aryl methyl sites for hydroxylation is 1. The standard InChI is InChI=1S/C13H20N2O/c1-3-15-13(16)12(9-14)8-11-7-5-4-6-10(11)2/h4-7,12H,3,8-9,14H2,1-2H3,(H,15,16). The van der Waals surface area contributed by atoms with E-state index in [0.29, 0.717) is 13.1 Å². The highest BCUT2D eigenvalue weighted by Gasteiger charge is 2.16. The molecule has 1 amide bonds. The molecular formula is C13H20N2O. The summed E-state index contributed by atoms with van der Waals surface area (Å²) in [6.45, 7) is 5.02. The molecule has 3 N–H and O–H groups in total. The molecule has 1 atom stereocenters. The van der Waals surface area contributed by atoms with Crippen molar-refractivity contribution < 1.29 is 4.79 Å². The molecule has 16 heavy (non-hydrogen) atoms. The number of amides is 1. The predicted octanol–water partition coefficient (Wildman–Crippen LogP) is 1.25. The average molecular weight is 220 g/mol. The lowest BCUT2D eigenvalue weighted by Crippen LogP contribution is -2.36. The summed E-state index contributed by atoms with van der Waals surface area (Å²) in [6, 6.07) is 8.11. The lowest BCUT2D eigenvalue weighted by Gasteiger charge is -2.15. The van der Waals surface area contributed by atoms with Crippen molar-refractivity contribution in [2.24, 2.45) is 11.7 Å². The molecule has 3 nitrogen and oxygen atoms in total. The monoisotopic (exact) mass is 220 g/mol. The molecule has 1 aromatic rings. The Morgan fingerprint density at radius 2 is 2.12 bits per heavy atom. The van der Waals surface area contributed by atoms with Gasteiger partial charge in [0.1, 0.15) is 0 Å². The van der Waals surface area contributed by atoms with E-state index in [0.717, 1.165) is 6.42 Å². The fourth-order valence-electron chi connectivity index (χ4n) is 1.71. The van der Waals surface area contributed by atoms with Gasteiger partial charge < -0.3 is 11.1 Å². The fraction of sp³-hybridized carbons (Fsp3) is 0.462. The largest absolute Gasteiger partial charge is 0.356 e. The zero-order valence-corrected chi connectivity index (χ0v) is 9.99. The van der Waals surface area contributed by atoms with Gasteiger partial charge in [-0.3, -0.25) is 4.79 Å². The highest BCUT2D eigenvalue weighted by atomic mass is 16.1. The van der Waals surface area contributed by atoms with E-state index in [1.807, 2.05) is 19.1 Å². The van der Waals surface area contributed by atoms with E-state index in [2.05, 4.69) is 24.4 Å². The fourth-order valence-corrected chi connectivity index (χ4v) is 1.71. The quantitative estimate of drug-likeness (QED) is 0.784. The molecule has 0 saturated carbocycles. The molecule has 3 heteroatoms. The summed E-state index contributed by atoms with van der Waals surface area (Å²) in [7, 11) is 0. The minimum atomic E-state index is -0.124. The van der Waals surface area contributed by atoms with E-state index in [-0.39, 0.29) is 11.8 Å². The van der Waals surface area contributed by atoms with Crippen LogP contribution in [-0.4, -0.2) is 19.0 Å². The van der Waals surface area contributed by atoms with Crippen LogP contribution in [0.4, 0.5) is 0 Å². The Morgan fingerprint density at radius 1 is 1.44 bits per heavy atom. The summed E-state index contributed by atoms with van der Waals surface area (Å²) >= 11 is 0. The maximum atomic E-state index is 11.7. The van der Waals surface area contributed by atoms with Crippen LogP contribution < -0.4 is 11.1 Å². The smallest absolute Gasteiger partial charge is 0.224 e. The van der Waals surface area contributed by atoms with Crippen LogP contribution in [0.25, 0.3) is 0 Å². The minimum Gasteiger partial charge on any atom is -0.356 e. The van der Waals surface area contributed by atoms with Gasteiger partial charge in [-0.2, -0.15) is 0 Å². The van der Waals surface area contributed by atoms with Crippen LogP contribution >= 0.6 is 0 Å². The molecule has 1 rings (SSSR count). The highest BCUT2D eigenvalue weighted by Crippen LogP contribution is 2.12. The maximum Gasteiger partial charge on any atom is 0.224 e. The second kappa shape index (κ2) is 6.28. The number of carbonyl (C=O) groups excluding carboxylic acids is 1. The van der Waals surface area contributed by atoms with Gasteiger partial charge >= 0.3 is 0 Å². The number of hydrogen-bond donors (Lipinski definition) is 2. The third kappa shape index (κ3) is 3.35. The predicted molar refractivity (Wildman–Crippen MR) is 66.1 cm³/mol. The van der Waals surface area contributed by atoms with Crippen LogP contribution in [-0.2, 0) is 11.2 Å². The molecule has 0 saturated heterocycles. The van der Waals surface area contributed by atoms with Crippen LogP contribution in [0.2, 0.25) is 0 Å². The summed E-state index contributed by atoms with van der Waals surface area (Å²) in [4.78, 5) is 11.7. The number of rotatable bonds is 5. The first kappa shape index (κ1) is 12.7. The number of hydrogen-bond acceptors (Lipinski definition) is 2. The Labute approximate surface area is 97.0 Å². The molecule has 0 spiro atoms. The van der Waals surface area contributed by atoms with Crippen LogP contribution in [0.15, 0.2) is 24.3 Å². The van der Waals surface area contributed by atoms with Crippen molar-refractivity contribution in [1.82, 2.24) is 5.32 Å². The number of benzene rings is 1. The topological polar surface area (TPSA) is 55.1 Å². The van der Waals surface area contributed by atoms with Crippen molar-refractivity contribution in [2.45, 2.75) is 20.3 Å². The number of carbonyl (C=O) groups is 1. The molecule has 0 heterocycles. The highest BCUT2D eigenvalue weighted by molar-refractivity contribution is 5.79. The third-order valence-corrected chi connectivity index (χ3v) is 2.73. The summed E-state index contributed by atoms with van der Waals surface area (Å²) in [6.07, 6.45) is 0.717. The number of nitrogens with two attached hydrogens (primary N) is 1. The summed E-state index contributed by atoms with van der Waals surface area (Å²) in [5.41, 5.74) is 8.05. The van der Waals surface area contributed by atoms with Crippen LogP contribution in [0, 0.1) is 12.8 Å². The van der Waals surface area contributed by atoms with E-state index in [1.54, 1.807) is 0 Å². The molecule has 0 bridgehead atoms. The normalized spacial score (nSPS) is 12.2. The summed E-state index contributed by atoms with van der Waals surface area (Å²) in [5, 5.41) is 2.82. The lowest BCUT2D eigenvalue weighted by molar-refractivity contribution is -0.124. The second-order valence-electron chi connectivity index (χ2n) is 3.96. The molecule has 88 valence electrons. The molecule has 0 radical (unpaired) electrons. The Kier molecular flexibility index (Phi) is 4.99. The molecule has 1 unspecified atom stereocenters. The van der Waals surface area contributed by atoms with Crippen LogP contribution in [0.1, 0.15) is 18.1 Å². The van der Waals surface area contributed by atoms with Crippen molar-refractivity contribution in [3.8, 4) is 0 Å². The van der Waals surface area contributed by atoms with Crippen LogP contribution in [0.5, 0.6) is 0 Å². The van der Waals surface area contributed by atoms with Gasteiger partial charge in [0.05, 0.1) is 5.92 Å². The van der Waals surface area contributed by atoms with Gasteiger partial charge in [-0.1, -0.05) is 24.3 Å². The summed E-state index contributed by atoms with van der Waals surface area (Å²) in [5.74, 6) is -0.0747. The molecule has 0 aliphatic carbocycles. The van der Waals surface area contributed by atoms with Gasteiger partial charge in [-0.15, -0.1) is 0 Å². The molecule has 0 fully saturated rings. The molecule has 0 aliphatic rings. The van der Waals surface area contributed by atoms with E-state index < -0.39 is 0 Å². The Balaban J connectivity index is 2.70. The summed E-state index contributed by atoms with van der Waals surface area (Å²) < 4.78 is 0. The van der Waals surface area contributed by atoms with Crippen molar-refractivity contribution in [3.05, 3.63) is 35.4 Å². The molecule has 0 aliphatic heterocycles. The Bertz CT molecular complexity index is 350. The van der Waals surface area contributed by atoms with Crippen molar-refractivity contribution in [2.75, 3.05) is 13.1 Å². The Morgan fingerprint density at radius 3 is 2.69 bits per heavy atom. The molecule has 0 aromatic heterocycles.